The van der Waals surface area contributed by atoms with E-state index >= 15 is 0 Å². The van der Waals surface area contributed by atoms with Crippen LogP contribution in [0.1, 0.15) is 44.2 Å². The van der Waals surface area contributed by atoms with E-state index in [0.29, 0.717) is 30.9 Å². The van der Waals surface area contributed by atoms with Gasteiger partial charge >= 0.3 is 0 Å². The van der Waals surface area contributed by atoms with Gasteiger partial charge in [0.1, 0.15) is 11.8 Å². The summed E-state index contributed by atoms with van der Waals surface area (Å²) in [5.74, 6) is 0.137. The third-order valence-corrected chi connectivity index (χ3v) is 7.01. The molecule has 2 aromatic carbocycles. The van der Waals surface area contributed by atoms with Crippen LogP contribution in [0.15, 0.2) is 48.5 Å². The molecule has 0 aromatic heterocycles. The number of methoxy groups -OCH3 is 1. The molecule has 2 amide bonds. The van der Waals surface area contributed by atoms with Crippen molar-refractivity contribution in [2.24, 2.45) is 0 Å². The Morgan fingerprint density at radius 1 is 1.11 bits per heavy atom. The van der Waals surface area contributed by atoms with Gasteiger partial charge < -0.3 is 15.0 Å². The number of hydrogen-bond donors (Lipinski definition) is 1. The molecule has 9 heteroatoms. The van der Waals surface area contributed by atoms with Crippen LogP contribution >= 0.6 is 0 Å². The third-order valence-electron chi connectivity index (χ3n) is 5.81. The van der Waals surface area contributed by atoms with Crippen LogP contribution in [0.2, 0.25) is 0 Å². The Kier molecular flexibility index (Phi) is 10.6. The van der Waals surface area contributed by atoms with E-state index in [1.165, 1.54) is 11.4 Å². The maximum absolute atomic E-state index is 13.3. The van der Waals surface area contributed by atoms with Crippen molar-refractivity contribution in [2.45, 2.75) is 52.6 Å². The molecule has 0 spiro atoms. The molecule has 1 atom stereocenters. The van der Waals surface area contributed by atoms with Crippen LogP contribution in [0.3, 0.4) is 0 Å². The van der Waals surface area contributed by atoms with E-state index in [-0.39, 0.29) is 24.8 Å². The van der Waals surface area contributed by atoms with Crippen molar-refractivity contribution in [3.8, 4) is 5.75 Å². The normalized spacial score (nSPS) is 12.0. The van der Waals surface area contributed by atoms with Gasteiger partial charge in [0, 0.05) is 32.1 Å². The molecule has 8 nitrogen and oxygen atoms in total. The Bertz CT molecular complexity index is 1100. The second kappa shape index (κ2) is 13.1. The maximum atomic E-state index is 13.3. The largest absolute Gasteiger partial charge is 0.497 e. The summed E-state index contributed by atoms with van der Waals surface area (Å²) in [7, 11) is -2.05. The van der Waals surface area contributed by atoms with E-state index in [4.69, 9.17) is 4.74 Å². The van der Waals surface area contributed by atoms with Gasteiger partial charge in [0.05, 0.1) is 19.1 Å². The highest BCUT2D eigenvalue weighted by atomic mass is 32.2. The lowest BCUT2D eigenvalue weighted by Gasteiger charge is -2.30. The smallest absolute Gasteiger partial charge is 0.242 e. The zero-order chi connectivity index (χ0) is 26.0. The van der Waals surface area contributed by atoms with E-state index in [2.05, 4.69) is 5.32 Å². The summed E-state index contributed by atoms with van der Waals surface area (Å²) in [4.78, 5) is 27.6. The Labute approximate surface area is 209 Å². The van der Waals surface area contributed by atoms with Gasteiger partial charge in [-0.3, -0.25) is 13.9 Å². The summed E-state index contributed by atoms with van der Waals surface area (Å²) in [6.07, 6.45) is 2.35. The molecule has 0 aliphatic carbocycles. The first-order valence-corrected chi connectivity index (χ1v) is 13.7. The Morgan fingerprint density at radius 3 is 2.46 bits per heavy atom. The topological polar surface area (TPSA) is 96.0 Å². The first kappa shape index (κ1) is 28.2. The second-order valence-corrected chi connectivity index (χ2v) is 10.5. The quantitative estimate of drug-likeness (QED) is 0.451. The number of benzene rings is 2. The third kappa shape index (κ3) is 8.28. The van der Waals surface area contributed by atoms with Crippen LogP contribution in [0.25, 0.3) is 0 Å². The molecule has 0 fully saturated rings. The predicted molar refractivity (Wildman–Crippen MR) is 139 cm³/mol. The van der Waals surface area contributed by atoms with Gasteiger partial charge in [0.25, 0.3) is 0 Å². The van der Waals surface area contributed by atoms with Crippen LogP contribution in [-0.2, 0) is 26.2 Å². The van der Waals surface area contributed by atoms with Gasteiger partial charge in [-0.05, 0) is 49.9 Å². The van der Waals surface area contributed by atoms with Crippen LogP contribution < -0.4 is 14.4 Å². The zero-order valence-electron chi connectivity index (χ0n) is 21.3. The van der Waals surface area contributed by atoms with E-state index in [1.54, 1.807) is 36.1 Å². The number of ether oxygens (including phenoxy) is 1. The van der Waals surface area contributed by atoms with Crippen LogP contribution in [0, 0.1) is 6.92 Å². The van der Waals surface area contributed by atoms with Gasteiger partial charge in [-0.25, -0.2) is 8.42 Å². The maximum Gasteiger partial charge on any atom is 0.242 e. The molecule has 0 bridgehead atoms. The van der Waals surface area contributed by atoms with Gasteiger partial charge in [-0.1, -0.05) is 37.3 Å². The number of hydrogen-bond acceptors (Lipinski definition) is 5. The molecule has 0 unspecified atom stereocenters. The number of amides is 2. The molecule has 0 saturated carbocycles. The van der Waals surface area contributed by atoms with E-state index in [0.717, 1.165) is 23.8 Å². The van der Waals surface area contributed by atoms with Crippen molar-refractivity contribution in [1.82, 2.24) is 10.2 Å². The average molecular weight is 504 g/mol. The molecular weight excluding hydrogens is 466 g/mol. The van der Waals surface area contributed by atoms with Crippen molar-refractivity contribution in [3.63, 3.8) is 0 Å². The first-order chi connectivity index (χ1) is 16.6. The van der Waals surface area contributed by atoms with Crippen molar-refractivity contribution in [3.05, 3.63) is 59.7 Å². The van der Waals surface area contributed by atoms with Crippen molar-refractivity contribution in [1.29, 1.82) is 0 Å². The van der Waals surface area contributed by atoms with E-state index in [9.17, 15) is 18.0 Å². The van der Waals surface area contributed by atoms with Gasteiger partial charge in [-0.15, -0.1) is 0 Å². The number of carbonyl (C=O) groups is 2. The number of nitrogens with one attached hydrogen (secondary N) is 1. The molecular formula is C26H37N3O5S. The monoisotopic (exact) mass is 503 g/mol. The average Bonchev–Trinajstić information content (AvgIpc) is 2.83. The highest BCUT2D eigenvalue weighted by Gasteiger charge is 2.27. The predicted octanol–water partition coefficient (Wildman–Crippen LogP) is 3.49. The van der Waals surface area contributed by atoms with Gasteiger partial charge in [0.15, 0.2) is 0 Å². The minimum Gasteiger partial charge on any atom is -0.497 e. The fourth-order valence-corrected chi connectivity index (χ4v) is 4.68. The van der Waals surface area contributed by atoms with Crippen LogP contribution in [0.4, 0.5) is 5.69 Å². The minimum atomic E-state index is -3.57. The fourth-order valence-electron chi connectivity index (χ4n) is 3.72. The van der Waals surface area contributed by atoms with Gasteiger partial charge in [0.2, 0.25) is 21.8 Å². The summed E-state index contributed by atoms with van der Waals surface area (Å²) < 4.78 is 31.4. The molecule has 1 N–H and O–H groups in total. The molecule has 192 valence electrons. The highest BCUT2D eigenvalue weighted by Crippen LogP contribution is 2.24. The Hall–Kier alpha value is -3.07. The molecule has 35 heavy (non-hydrogen) atoms. The second-order valence-electron chi connectivity index (χ2n) is 8.56. The Morgan fingerprint density at radius 2 is 1.83 bits per heavy atom. The summed E-state index contributed by atoms with van der Waals surface area (Å²) in [5.41, 5.74) is 2.47. The van der Waals surface area contributed by atoms with Crippen LogP contribution in [0.5, 0.6) is 5.75 Å². The lowest BCUT2D eigenvalue weighted by Crippen LogP contribution is -2.48. The highest BCUT2D eigenvalue weighted by molar-refractivity contribution is 7.92. The molecule has 0 radical (unpaired) electrons. The molecule has 0 aliphatic rings. The fraction of sp³-hybridized carbons (Fsp3) is 0.462. The minimum absolute atomic E-state index is 0.104. The summed E-state index contributed by atoms with van der Waals surface area (Å²) >= 11 is 0. The standard InChI is InChI=1S/C26H37N3O5S/c1-6-16-27-26(31)21(3)28(19-22-12-8-7-11-20(22)2)25(30)15-10-17-29(35(5,32)33)23-13-9-14-24(18-23)34-4/h7-9,11-14,18,21H,6,10,15-17,19H2,1-5H3,(H,27,31)/t21-/m1/s1. The van der Waals surface area contributed by atoms with E-state index in [1.807, 2.05) is 38.1 Å². The molecule has 0 heterocycles. The number of carbonyl (C=O) groups excluding carboxylic acids is 2. The number of anilines is 1. The lowest BCUT2D eigenvalue weighted by atomic mass is 10.1. The first-order valence-electron chi connectivity index (χ1n) is 11.8. The van der Waals surface area contributed by atoms with E-state index < -0.39 is 16.1 Å². The number of aryl methyl sites for hydroxylation is 1. The number of rotatable bonds is 13. The molecule has 0 aliphatic heterocycles. The Balaban J connectivity index is 2.17. The van der Waals surface area contributed by atoms with Crippen molar-refractivity contribution >= 4 is 27.5 Å². The van der Waals surface area contributed by atoms with Crippen molar-refractivity contribution < 1.29 is 22.7 Å². The summed E-state index contributed by atoms with van der Waals surface area (Å²) in [6.45, 7) is 6.64. The van der Waals surface area contributed by atoms with Crippen LogP contribution in [-0.4, -0.2) is 57.6 Å². The number of sulfonamides is 1. The lowest BCUT2D eigenvalue weighted by molar-refractivity contribution is -0.140. The zero-order valence-corrected chi connectivity index (χ0v) is 22.1. The molecule has 2 aromatic rings. The molecule has 0 saturated heterocycles. The van der Waals surface area contributed by atoms with Gasteiger partial charge in [-0.2, -0.15) is 0 Å². The SMILES string of the molecule is CCCNC(=O)[C@@H](C)N(Cc1ccccc1C)C(=O)CCCN(c1cccc(OC)c1)S(C)(=O)=O. The summed E-state index contributed by atoms with van der Waals surface area (Å²) in [6, 6.07) is 13.9. The van der Waals surface area contributed by atoms with Crippen molar-refractivity contribution in [2.75, 3.05) is 30.8 Å². The summed E-state index contributed by atoms with van der Waals surface area (Å²) in [5, 5.41) is 2.86. The molecule has 2 rings (SSSR count). The number of nitrogens with zero attached hydrogens (tertiary/aromatic N) is 2.